The SMILES string of the molecule is COC(=O)c1ccc([Si](C)(C)c2ccccc2)cc1. The summed E-state index contributed by atoms with van der Waals surface area (Å²) in [5.41, 5.74) is 0.601. The average molecular weight is 270 g/mol. The van der Waals surface area contributed by atoms with Crippen LogP contribution in [0.2, 0.25) is 13.1 Å². The van der Waals surface area contributed by atoms with Crippen LogP contribution < -0.4 is 10.4 Å². The molecular weight excluding hydrogens is 252 g/mol. The third kappa shape index (κ3) is 2.76. The van der Waals surface area contributed by atoms with Crippen molar-refractivity contribution in [2.75, 3.05) is 7.11 Å². The van der Waals surface area contributed by atoms with Crippen LogP contribution in [-0.4, -0.2) is 21.2 Å². The van der Waals surface area contributed by atoms with Crippen LogP contribution in [0.1, 0.15) is 10.4 Å². The molecule has 0 aliphatic heterocycles. The average Bonchev–Trinajstić information content (AvgIpc) is 2.47. The molecule has 0 aromatic heterocycles. The summed E-state index contributed by atoms with van der Waals surface area (Å²) in [6, 6.07) is 18.3. The smallest absolute Gasteiger partial charge is 0.337 e. The van der Waals surface area contributed by atoms with E-state index in [4.69, 9.17) is 4.74 Å². The fourth-order valence-electron chi connectivity index (χ4n) is 2.16. The van der Waals surface area contributed by atoms with Gasteiger partial charge < -0.3 is 4.74 Å². The molecular formula is C16H18O2Si. The second kappa shape index (κ2) is 5.41. The van der Waals surface area contributed by atoms with Gasteiger partial charge in [-0.3, -0.25) is 0 Å². The molecule has 0 aliphatic carbocycles. The molecule has 19 heavy (non-hydrogen) atoms. The summed E-state index contributed by atoms with van der Waals surface area (Å²) in [7, 11) is -0.274. The Morgan fingerprint density at radius 1 is 0.895 bits per heavy atom. The molecule has 0 bridgehead atoms. The third-order valence-corrected chi connectivity index (χ3v) is 7.08. The first-order chi connectivity index (χ1) is 9.05. The number of ether oxygens (including phenoxy) is 1. The normalized spacial score (nSPS) is 11.1. The third-order valence-electron chi connectivity index (χ3n) is 3.52. The maximum absolute atomic E-state index is 11.4. The minimum atomic E-state index is -1.68. The predicted octanol–water partition coefficient (Wildman–Crippen LogP) is 2.30. The van der Waals surface area contributed by atoms with E-state index in [9.17, 15) is 4.79 Å². The summed E-state index contributed by atoms with van der Waals surface area (Å²) >= 11 is 0. The van der Waals surface area contributed by atoms with Gasteiger partial charge >= 0.3 is 5.97 Å². The molecule has 2 aromatic rings. The Labute approximate surface area is 115 Å². The highest BCUT2D eigenvalue weighted by Crippen LogP contribution is 2.07. The van der Waals surface area contributed by atoms with Crippen LogP contribution in [0.3, 0.4) is 0 Å². The van der Waals surface area contributed by atoms with E-state index in [1.807, 2.05) is 30.3 Å². The summed E-state index contributed by atoms with van der Waals surface area (Å²) in [5.74, 6) is -0.286. The zero-order valence-corrected chi connectivity index (χ0v) is 12.5. The molecule has 2 rings (SSSR count). The number of rotatable bonds is 3. The first-order valence-corrected chi connectivity index (χ1v) is 9.30. The first kappa shape index (κ1) is 13.6. The summed E-state index contributed by atoms with van der Waals surface area (Å²) in [4.78, 5) is 11.4. The lowest BCUT2D eigenvalue weighted by molar-refractivity contribution is 0.0601. The molecule has 0 fully saturated rings. The summed E-state index contributed by atoms with van der Waals surface area (Å²) < 4.78 is 4.72. The van der Waals surface area contributed by atoms with Gasteiger partial charge in [-0.15, -0.1) is 0 Å². The van der Waals surface area contributed by atoms with Crippen LogP contribution in [0, 0.1) is 0 Å². The van der Waals surface area contributed by atoms with Crippen LogP contribution in [0.25, 0.3) is 0 Å². The topological polar surface area (TPSA) is 26.3 Å². The van der Waals surface area contributed by atoms with Gasteiger partial charge in [0.25, 0.3) is 0 Å². The number of hydrogen-bond donors (Lipinski definition) is 0. The summed E-state index contributed by atoms with van der Waals surface area (Å²) in [6.45, 7) is 4.63. The number of methoxy groups -OCH3 is 1. The largest absolute Gasteiger partial charge is 0.465 e. The molecule has 0 spiro atoms. The molecule has 0 saturated carbocycles. The van der Waals surface area contributed by atoms with E-state index in [0.29, 0.717) is 5.56 Å². The van der Waals surface area contributed by atoms with Gasteiger partial charge in [0.15, 0.2) is 0 Å². The summed E-state index contributed by atoms with van der Waals surface area (Å²) in [6.07, 6.45) is 0. The highest BCUT2D eigenvalue weighted by Gasteiger charge is 2.25. The second-order valence-corrected chi connectivity index (χ2v) is 9.46. The first-order valence-electron chi connectivity index (χ1n) is 6.30. The quantitative estimate of drug-likeness (QED) is 0.632. The van der Waals surface area contributed by atoms with E-state index in [0.717, 1.165) is 0 Å². The number of esters is 1. The molecule has 0 saturated heterocycles. The predicted molar refractivity (Wildman–Crippen MR) is 81.0 cm³/mol. The minimum absolute atomic E-state index is 0.286. The molecule has 0 unspecified atom stereocenters. The van der Waals surface area contributed by atoms with Crippen molar-refractivity contribution in [3.63, 3.8) is 0 Å². The summed E-state index contributed by atoms with van der Waals surface area (Å²) in [5, 5.41) is 2.70. The highest BCUT2D eigenvalue weighted by molar-refractivity contribution is 7.00. The maximum Gasteiger partial charge on any atom is 0.337 e. The number of carbonyl (C=O) groups is 1. The Hall–Kier alpha value is -1.87. The number of hydrogen-bond acceptors (Lipinski definition) is 2. The van der Waals surface area contributed by atoms with Gasteiger partial charge in [-0.05, 0) is 12.1 Å². The van der Waals surface area contributed by atoms with Gasteiger partial charge in [0.1, 0.15) is 8.07 Å². The molecule has 3 heteroatoms. The zero-order valence-electron chi connectivity index (χ0n) is 11.5. The van der Waals surface area contributed by atoms with Crippen molar-refractivity contribution in [2.24, 2.45) is 0 Å². The Morgan fingerprint density at radius 2 is 1.42 bits per heavy atom. The lowest BCUT2D eigenvalue weighted by Gasteiger charge is -2.23. The van der Waals surface area contributed by atoms with Crippen LogP contribution in [0.15, 0.2) is 54.6 Å². The van der Waals surface area contributed by atoms with Crippen molar-refractivity contribution >= 4 is 24.4 Å². The van der Waals surface area contributed by atoms with Gasteiger partial charge in [0, 0.05) is 0 Å². The van der Waals surface area contributed by atoms with Gasteiger partial charge in [0.05, 0.1) is 12.7 Å². The maximum atomic E-state index is 11.4. The molecule has 0 atom stereocenters. The van der Waals surface area contributed by atoms with Gasteiger partial charge in [-0.25, -0.2) is 4.79 Å². The lowest BCUT2D eigenvalue weighted by atomic mass is 10.2. The molecule has 0 heterocycles. The number of carbonyl (C=O) groups excluding carboxylic acids is 1. The van der Waals surface area contributed by atoms with E-state index in [1.54, 1.807) is 0 Å². The van der Waals surface area contributed by atoms with Crippen molar-refractivity contribution in [1.29, 1.82) is 0 Å². The Kier molecular flexibility index (Phi) is 3.86. The highest BCUT2D eigenvalue weighted by atomic mass is 28.3. The van der Waals surface area contributed by atoms with Crippen molar-refractivity contribution in [2.45, 2.75) is 13.1 Å². The number of benzene rings is 2. The van der Waals surface area contributed by atoms with E-state index >= 15 is 0 Å². The van der Waals surface area contributed by atoms with Crippen molar-refractivity contribution in [3.05, 3.63) is 60.2 Å². The van der Waals surface area contributed by atoms with E-state index < -0.39 is 8.07 Å². The van der Waals surface area contributed by atoms with Crippen LogP contribution in [0.5, 0.6) is 0 Å². The molecule has 0 N–H and O–H groups in total. The Balaban J connectivity index is 2.34. The monoisotopic (exact) mass is 270 g/mol. The fourth-order valence-corrected chi connectivity index (χ4v) is 4.52. The zero-order chi connectivity index (χ0) is 13.9. The Morgan fingerprint density at radius 3 is 1.95 bits per heavy atom. The molecule has 2 nitrogen and oxygen atoms in total. The fraction of sp³-hybridized carbons (Fsp3) is 0.188. The van der Waals surface area contributed by atoms with Crippen LogP contribution in [0.4, 0.5) is 0 Å². The Bertz CT molecular complexity index is 559. The molecule has 0 amide bonds. The van der Waals surface area contributed by atoms with E-state index in [1.165, 1.54) is 17.5 Å². The lowest BCUT2D eigenvalue weighted by Crippen LogP contribution is -2.52. The van der Waals surface area contributed by atoms with Crippen LogP contribution in [-0.2, 0) is 4.74 Å². The molecule has 98 valence electrons. The molecule has 0 aliphatic rings. The van der Waals surface area contributed by atoms with Gasteiger partial charge in [-0.2, -0.15) is 0 Å². The van der Waals surface area contributed by atoms with Crippen LogP contribution >= 0.6 is 0 Å². The molecule has 0 radical (unpaired) electrons. The van der Waals surface area contributed by atoms with E-state index in [-0.39, 0.29) is 5.97 Å². The van der Waals surface area contributed by atoms with Gasteiger partial charge in [0.2, 0.25) is 0 Å². The minimum Gasteiger partial charge on any atom is -0.465 e. The second-order valence-electron chi connectivity index (χ2n) is 5.06. The molecule has 2 aromatic carbocycles. The van der Waals surface area contributed by atoms with Crippen molar-refractivity contribution in [3.8, 4) is 0 Å². The van der Waals surface area contributed by atoms with Gasteiger partial charge in [-0.1, -0.05) is 65.9 Å². The van der Waals surface area contributed by atoms with E-state index in [2.05, 4.69) is 37.4 Å². The van der Waals surface area contributed by atoms with Crippen molar-refractivity contribution in [1.82, 2.24) is 0 Å². The van der Waals surface area contributed by atoms with Crippen molar-refractivity contribution < 1.29 is 9.53 Å². The standard InChI is InChI=1S/C16H18O2Si/c1-18-16(17)13-9-11-15(12-10-13)19(2,3)14-7-5-4-6-8-14/h4-12H,1-3H3.